The summed E-state index contributed by atoms with van der Waals surface area (Å²) in [5.74, 6) is -1.55. The Morgan fingerprint density at radius 3 is 2.42 bits per heavy atom. The van der Waals surface area contributed by atoms with Crippen molar-refractivity contribution in [2.45, 2.75) is 32.9 Å². The molecule has 0 saturated heterocycles. The molecule has 0 aliphatic carbocycles. The van der Waals surface area contributed by atoms with E-state index in [4.69, 9.17) is 0 Å². The minimum atomic E-state index is -0.728. The molecule has 2 N–H and O–H groups in total. The largest absolute Gasteiger partial charge is 0.352 e. The molecule has 1 unspecified atom stereocenters. The van der Waals surface area contributed by atoms with Crippen LogP contribution in [-0.2, 0) is 4.79 Å². The fourth-order valence-corrected chi connectivity index (χ4v) is 1.78. The van der Waals surface area contributed by atoms with E-state index in [9.17, 15) is 14.0 Å². The van der Waals surface area contributed by atoms with Gasteiger partial charge in [0.2, 0.25) is 5.91 Å². The van der Waals surface area contributed by atoms with Gasteiger partial charge in [-0.1, -0.05) is 15.9 Å². The Bertz CT molecular complexity index is 492. The van der Waals surface area contributed by atoms with E-state index in [2.05, 4.69) is 26.6 Å². The molecule has 104 valence electrons. The average molecular weight is 331 g/mol. The number of benzene rings is 1. The zero-order valence-electron chi connectivity index (χ0n) is 11.0. The molecule has 0 aliphatic heterocycles. The summed E-state index contributed by atoms with van der Waals surface area (Å²) in [6.07, 6.45) is 0. The van der Waals surface area contributed by atoms with Crippen LogP contribution in [0.4, 0.5) is 4.39 Å². The zero-order chi connectivity index (χ0) is 14.6. The number of amides is 2. The van der Waals surface area contributed by atoms with Crippen LogP contribution in [0.25, 0.3) is 0 Å². The van der Waals surface area contributed by atoms with Gasteiger partial charge >= 0.3 is 0 Å². The lowest BCUT2D eigenvalue weighted by molar-refractivity contribution is -0.123. The van der Waals surface area contributed by atoms with Crippen molar-refractivity contribution in [1.29, 1.82) is 0 Å². The molecule has 0 heterocycles. The molecular weight excluding hydrogens is 315 g/mol. The summed E-state index contributed by atoms with van der Waals surface area (Å²) in [6, 6.07) is 3.32. The summed E-state index contributed by atoms with van der Waals surface area (Å²) in [4.78, 5) is 23.5. The highest BCUT2D eigenvalue weighted by molar-refractivity contribution is 9.10. The lowest BCUT2D eigenvalue weighted by Gasteiger charge is -2.16. The minimum absolute atomic E-state index is 0.0190. The van der Waals surface area contributed by atoms with Gasteiger partial charge in [0.1, 0.15) is 11.9 Å². The third-order valence-electron chi connectivity index (χ3n) is 2.34. The molecule has 19 heavy (non-hydrogen) atoms. The van der Waals surface area contributed by atoms with Crippen LogP contribution in [0.15, 0.2) is 22.7 Å². The van der Waals surface area contributed by atoms with Gasteiger partial charge in [0.15, 0.2) is 0 Å². The number of carbonyl (C=O) groups is 2. The molecule has 1 aromatic rings. The van der Waals surface area contributed by atoms with Gasteiger partial charge in [-0.15, -0.1) is 0 Å². The summed E-state index contributed by atoms with van der Waals surface area (Å²) in [6.45, 7) is 5.19. The van der Waals surface area contributed by atoms with Gasteiger partial charge in [0.05, 0.1) is 5.56 Å². The second kappa shape index (κ2) is 6.65. The molecule has 0 aromatic heterocycles. The molecule has 0 saturated carbocycles. The number of hydrogen-bond donors (Lipinski definition) is 2. The highest BCUT2D eigenvalue weighted by Gasteiger charge is 2.19. The quantitative estimate of drug-likeness (QED) is 0.889. The third-order valence-corrected chi connectivity index (χ3v) is 2.84. The molecule has 0 radical (unpaired) electrons. The molecular formula is C13H16BrFN2O2. The maximum atomic E-state index is 13.5. The maximum absolute atomic E-state index is 13.5. The van der Waals surface area contributed by atoms with Gasteiger partial charge < -0.3 is 10.6 Å². The van der Waals surface area contributed by atoms with Crippen LogP contribution in [-0.4, -0.2) is 23.9 Å². The molecule has 0 bridgehead atoms. The fraction of sp³-hybridized carbons (Fsp3) is 0.385. The van der Waals surface area contributed by atoms with Crippen LogP contribution in [0.1, 0.15) is 31.1 Å². The SMILES string of the molecule is CC(C)NC(=O)C(C)NC(=O)c1cc(Br)ccc1F. The summed E-state index contributed by atoms with van der Waals surface area (Å²) in [7, 11) is 0. The molecule has 6 heteroatoms. The van der Waals surface area contributed by atoms with Crippen molar-refractivity contribution in [3.63, 3.8) is 0 Å². The monoisotopic (exact) mass is 330 g/mol. The number of rotatable bonds is 4. The highest BCUT2D eigenvalue weighted by Crippen LogP contribution is 2.15. The van der Waals surface area contributed by atoms with Crippen molar-refractivity contribution < 1.29 is 14.0 Å². The molecule has 1 aromatic carbocycles. The smallest absolute Gasteiger partial charge is 0.254 e. The molecule has 0 fully saturated rings. The second-order valence-electron chi connectivity index (χ2n) is 4.48. The van der Waals surface area contributed by atoms with Crippen molar-refractivity contribution >= 4 is 27.7 Å². The Morgan fingerprint density at radius 2 is 1.84 bits per heavy atom. The van der Waals surface area contributed by atoms with Crippen LogP contribution >= 0.6 is 15.9 Å². The van der Waals surface area contributed by atoms with E-state index in [1.165, 1.54) is 18.2 Å². The maximum Gasteiger partial charge on any atom is 0.254 e. The predicted molar refractivity (Wildman–Crippen MR) is 74.3 cm³/mol. The first-order valence-electron chi connectivity index (χ1n) is 5.87. The first kappa shape index (κ1) is 15.6. The van der Waals surface area contributed by atoms with E-state index in [0.29, 0.717) is 4.47 Å². The Kier molecular flexibility index (Phi) is 5.47. The van der Waals surface area contributed by atoms with Crippen molar-refractivity contribution in [1.82, 2.24) is 10.6 Å². The van der Waals surface area contributed by atoms with Crippen molar-refractivity contribution in [2.75, 3.05) is 0 Å². The van der Waals surface area contributed by atoms with Gasteiger partial charge in [-0.25, -0.2) is 4.39 Å². The molecule has 0 aliphatic rings. The number of carbonyl (C=O) groups excluding carboxylic acids is 2. The molecule has 4 nitrogen and oxygen atoms in total. The van der Waals surface area contributed by atoms with Gasteiger partial charge in [-0.05, 0) is 39.0 Å². The topological polar surface area (TPSA) is 58.2 Å². The van der Waals surface area contributed by atoms with E-state index < -0.39 is 17.8 Å². The second-order valence-corrected chi connectivity index (χ2v) is 5.40. The van der Waals surface area contributed by atoms with Crippen LogP contribution in [0.2, 0.25) is 0 Å². The number of nitrogens with one attached hydrogen (secondary N) is 2. The highest BCUT2D eigenvalue weighted by atomic mass is 79.9. The molecule has 2 amide bonds. The van der Waals surface area contributed by atoms with Crippen LogP contribution < -0.4 is 10.6 Å². The van der Waals surface area contributed by atoms with Gasteiger partial charge in [-0.3, -0.25) is 9.59 Å². The van der Waals surface area contributed by atoms with E-state index >= 15 is 0 Å². The van der Waals surface area contributed by atoms with Crippen molar-refractivity contribution in [2.24, 2.45) is 0 Å². The Hall–Kier alpha value is -1.43. The van der Waals surface area contributed by atoms with Gasteiger partial charge in [0, 0.05) is 10.5 Å². The summed E-state index contributed by atoms with van der Waals surface area (Å²) < 4.78 is 14.1. The van der Waals surface area contributed by atoms with E-state index in [1.807, 2.05) is 13.8 Å². The zero-order valence-corrected chi connectivity index (χ0v) is 12.5. The van der Waals surface area contributed by atoms with E-state index in [-0.39, 0.29) is 17.5 Å². The lowest BCUT2D eigenvalue weighted by Crippen LogP contribution is -2.46. The summed E-state index contributed by atoms with van der Waals surface area (Å²) >= 11 is 3.17. The molecule has 1 atom stereocenters. The molecule has 1 rings (SSSR count). The van der Waals surface area contributed by atoms with E-state index in [0.717, 1.165) is 0 Å². The van der Waals surface area contributed by atoms with Crippen molar-refractivity contribution in [3.05, 3.63) is 34.1 Å². The van der Waals surface area contributed by atoms with Crippen LogP contribution in [0.5, 0.6) is 0 Å². The van der Waals surface area contributed by atoms with E-state index in [1.54, 1.807) is 6.92 Å². The Balaban J connectivity index is 2.74. The Labute approximate surface area is 119 Å². The molecule has 0 spiro atoms. The van der Waals surface area contributed by atoms with Crippen molar-refractivity contribution in [3.8, 4) is 0 Å². The first-order valence-corrected chi connectivity index (χ1v) is 6.67. The van der Waals surface area contributed by atoms with Gasteiger partial charge in [-0.2, -0.15) is 0 Å². The van der Waals surface area contributed by atoms with Gasteiger partial charge in [0.25, 0.3) is 5.91 Å². The minimum Gasteiger partial charge on any atom is -0.352 e. The standard InChI is InChI=1S/C13H16BrFN2O2/c1-7(2)16-12(18)8(3)17-13(19)10-6-9(14)4-5-11(10)15/h4-8H,1-3H3,(H,16,18)(H,17,19). The average Bonchev–Trinajstić information content (AvgIpc) is 2.31. The third kappa shape index (κ3) is 4.63. The number of halogens is 2. The summed E-state index contributed by atoms with van der Waals surface area (Å²) in [5.41, 5.74) is -0.0985. The summed E-state index contributed by atoms with van der Waals surface area (Å²) in [5, 5.41) is 5.13. The predicted octanol–water partition coefficient (Wildman–Crippen LogP) is 2.23. The van der Waals surface area contributed by atoms with Crippen LogP contribution in [0.3, 0.4) is 0 Å². The fourth-order valence-electron chi connectivity index (χ4n) is 1.42. The first-order chi connectivity index (χ1) is 8.81. The lowest BCUT2D eigenvalue weighted by atomic mass is 10.2. The van der Waals surface area contributed by atoms with Crippen LogP contribution in [0, 0.1) is 5.82 Å². The normalized spacial score (nSPS) is 12.1. The Morgan fingerprint density at radius 1 is 1.21 bits per heavy atom. The number of hydrogen-bond acceptors (Lipinski definition) is 2.